The largest absolute Gasteiger partial charge is 0.329 e. The van der Waals surface area contributed by atoms with Gasteiger partial charge in [0.15, 0.2) is 5.03 Å². The number of nitrogens with zero attached hydrogens (tertiary/aromatic N) is 2. The molecule has 6 nitrogen and oxygen atoms in total. The molecule has 0 aliphatic heterocycles. The van der Waals surface area contributed by atoms with E-state index in [0.29, 0.717) is 6.54 Å². The lowest BCUT2D eigenvalue weighted by atomic mass is 10.3. The fourth-order valence-electron chi connectivity index (χ4n) is 1.46. The van der Waals surface area contributed by atoms with Gasteiger partial charge >= 0.3 is 0 Å². The second kappa shape index (κ2) is 3.29. The normalized spacial score (nSPS) is 19.1. The van der Waals surface area contributed by atoms with Gasteiger partial charge in [0.05, 0.1) is 6.20 Å². The third-order valence-electron chi connectivity index (χ3n) is 2.65. The summed E-state index contributed by atoms with van der Waals surface area (Å²) in [6.07, 6.45) is 3.07. The summed E-state index contributed by atoms with van der Waals surface area (Å²) in [5.41, 5.74) is 5.10. The van der Waals surface area contributed by atoms with Crippen LogP contribution in [0.4, 0.5) is 0 Å². The molecule has 1 aliphatic rings. The molecule has 1 saturated carbocycles. The van der Waals surface area contributed by atoms with Gasteiger partial charge < -0.3 is 5.73 Å². The van der Waals surface area contributed by atoms with E-state index in [2.05, 4.69) is 9.82 Å². The van der Waals surface area contributed by atoms with Crippen LogP contribution in [0.5, 0.6) is 0 Å². The van der Waals surface area contributed by atoms with Crippen molar-refractivity contribution in [3.8, 4) is 0 Å². The predicted octanol–water partition coefficient (Wildman–Crippen LogP) is -0.810. The Balaban J connectivity index is 2.25. The smallest absolute Gasteiger partial charge is 0.258 e. The number of rotatable bonds is 4. The van der Waals surface area contributed by atoms with Gasteiger partial charge in [0.1, 0.15) is 0 Å². The lowest BCUT2D eigenvalue weighted by Crippen LogP contribution is -2.42. The first-order chi connectivity index (χ1) is 6.99. The van der Waals surface area contributed by atoms with Crippen molar-refractivity contribution in [3.05, 3.63) is 12.3 Å². The molecule has 1 fully saturated rings. The van der Waals surface area contributed by atoms with Crippen LogP contribution < -0.4 is 10.5 Å². The molecule has 1 aliphatic carbocycles. The van der Waals surface area contributed by atoms with Gasteiger partial charge in [-0.1, -0.05) is 0 Å². The van der Waals surface area contributed by atoms with Crippen molar-refractivity contribution in [3.63, 3.8) is 0 Å². The van der Waals surface area contributed by atoms with E-state index in [0.717, 1.165) is 12.8 Å². The second-order valence-electron chi connectivity index (χ2n) is 3.88. The van der Waals surface area contributed by atoms with E-state index in [1.54, 1.807) is 7.05 Å². The predicted molar refractivity (Wildman–Crippen MR) is 54.5 cm³/mol. The van der Waals surface area contributed by atoms with Gasteiger partial charge in [0.2, 0.25) is 0 Å². The van der Waals surface area contributed by atoms with Crippen LogP contribution in [0.1, 0.15) is 12.8 Å². The maximum atomic E-state index is 11.9. The molecule has 15 heavy (non-hydrogen) atoms. The molecule has 7 heteroatoms. The monoisotopic (exact) mass is 230 g/mol. The highest BCUT2D eigenvalue weighted by molar-refractivity contribution is 7.89. The summed E-state index contributed by atoms with van der Waals surface area (Å²) in [5, 5.41) is 3.99. The number of aryl methyl sites for hydroxylation is 1. The van der Waals surface area contributed by atoms with Gasteiger partial charge in [-0.2, -0.15) is 5.10 Å². The topological polar surface area (TPSA) is 90.0 Å². The summed E-state index contributed by atoms with van der Waals surface area (Å²) in [5.74, 6) is 0. The zero-order chi connectivity index (χ0) is 11.1. The molecular weight excluding hydrogens is 216 g/mol. The van der Waals surface area contributed by atoms with E-state index in [-0.39, 0.29) is 5.03 Å². The fraction of sp³-hybridized carbons (Fsp3) is 0.625. The number of hydrogen-bond donors (Lipinski definition) is 2. The van der Waals surface area contributed by atoms with Crippen LogP contribution in [-0.4, -0.2) is 30.3 Å². The standard InChI is InChI=1S/C8H14N4O2S/c1-12-7(2-5-10-12)15(13,14)11-8(6-9)3-4-8/h2,5,11H,3-4,6,9H2,1H3. The summed E-state index contributed by atoms with van der Waals surface area (Å²) in [6.45, 7) is 0.337. The van der Waals surface area contributed by atoms with Crippen molar-refractivity contribution < 1.29 is 8.42 Å². The molecule has 0 aromatic carbocycles. The second-order valence-corrected chi connectivity index (χ2v) is 5.51. The molecule has 0 unspecified atom stereocenters. The maximum absolute atomic E-state index is 11.9. The van der Waals surface area contributed by atoms with Crippen LogP contribution in [-0.2, 0) is 17.1 Å². The van der Waals surface area contributed by atoms with Crippen molar-refractivity contribution in [1.82, 2.24) is 14.5 Å². The van der Waals surface area contributed by atoms with Gasteiger partial charge in [0, 0.05) is 19.1 Å². The van der Waals surface area contributed by atoms with Crippen molar-refractivity contribution >= 4 is 10.0 Å². The van der Waals surface area contributed by atoms with Crippen molar-refractivity contribution in [2.75, 3.05) is 6.54 Å². The van der Waals surface area contributed by atoms with E-state index in [9.17, 15) is 8.42 Å². The summed E-state index contributed by atoms with van der Waals surface area (Å²) in [6, 6.07) is 1.47. The molecule has 1 aromatic heterocycles. The molecule has 0 saturated heterocycles. The lowest BCUT2D eigenvalue weighted by molar-refractivity contribution is 0.531. The van der Waals surface area contributed by atoms with Crippen molar-refractivity contribution in [1.29, 1.82) is 0 Å². The molecule has 0 atom stereocenters. The summed E-state index contributed by atoms with van der Waals surface area (Å²) in [7, 11) is -1.89. The molecule has 0 radical (unpaired) electrons. The first-order valence-electron chi connectivity index (χ1n) is 4.71. The van der Waals surface area contributed by atoms with E-state index in [1.807, 2.05) is 0 Å². The van der Waals surface area contributed by atoms with E-state index in [1.165, 1.54) is 16.9 Å². The van der Waals surface area contributed by atoms with E-state index < -0.39 is 15.6 Å². The Morgan fingerprint density at radius 1 is 1.67 bits per heavy atom. The van der Waals surface area contributed by atoms with Gasteiger partial charge in [-0.3, -0.25) is 4.68 Å². The summed E-state index contributed by atoms with van der Waals surface area (Å²) in [4.78, 5) is 0. The summed E-state index contributed by atoms with van der Waals surface area (Å²) >= 11 is 0. The fourth-order valence-corrected chi connectivity index (χ4v) is 3.06. The highest BCUT2D eigenvalue weighted by Crippen LogP contribution is 2.35. The van der Waals surface area contributed by atoms with E-state index in [4.69, 9.17) is 5.73 Å². The first-order valence-corrected chi connectivity index (χ1v) is 6.19. The molecule has 2 rings (SSSR count). The molecule has 0 bridgehead atoms. The minimum absolute atomic E-state index is 0.169. The minimum Gasteiger partial charge on any atom is -0.329 e. The Morgan fingerprint density at radius 2 is 2.33 bits per heavy atom. The maximum Gasteiger partial charge on any atom is 0.258 e. The van der Waals surface area contributed by atoms with Gasteiger partial charge in [0.25, 0.3) is 10.0 Å². The molecule has 1 heterocycles. The Bertz CT molecular complexity index is 461. The average molecular weight is 230 g/mol. The quantitative estimate of drug-likeness (QED) is 0.708. The number of nitrogens with one attached hydrogen (secondary N) is 1. The third kappa shape index (κ3) is 1.90. The Morgan fingerprint density at radius 3 is 2.73 bits per heavy atom. The van der Waals surface area contributed by atoms with Crippen LogP contribution in [0.25, 0.3) is 0 Å². The van der Waals surface area contributed by atoms with Gasteiger partial charge in [-0.25, -0.2) is 13.1 Å². The number of nitrogens with two attached hydrogens (primary N) is 1. The molecule has 84 valence electrons. The van der Waals surface area contributed by atoms with Crippen LogP contribution in [0.3, 0.4) is 0 Å². The van der Waals surface area contributed by atoms with Gasteiger partial charge in [-0.05, 0) is 18.9 Å². The van der Waals surface area contributed by atoms with Crippen molar-refractivity contribution in [2.45, 2.75) is 23.4 Å². The van der Waals surface area contributed by atoms with Crippen molar-refractivity contribution in [2.24, 2.45) is 12.8 Å². The zero-order valence-electron chi connectivity index (χ0n) is 8.47. The zero-order valence-corrected chi connectivity index (χ0v) is 9.29. The lowest BCUT2D eigenvalue weighted by Gasteiger charge is -2.14. The molecular formula is C8H14N4O2S. The van der Waals surface area contributed by atoms with E-state index >= 15 is 0 Å². The number of hydrogen-bond acceptors (Lipinski definition) is 4. The highest BCUT2D eigenvalue weighted by atomic mass is 32.2. The van der Waals surface area contributed by atoms with Crippen LogP contribution in [0, 0.1) is 0 Å². The third-order valence-corrected chi connectivity index (χ3v) is 4.30. The SMILES string of the molecule is Cn1nccc1S(=O)(=O)NC1(CN)CC1. The molecule has 1 aromatic rings. The molecule has 0 amide bonds. The number of sulfonamides is 1. The van der Waals surface area contributed by atoms with Crippen LogP contribution in [0.2, 0.25) is 0 Å². The Kier molecular flexibility index (Phi) is 2.32. The summed E-state index contributed by atoms with van der Waals surface area (Å²) < 4.78 is 27.8. The molecule has 3 N–H and O–H groups in total. The number of aromatic nitrogens is 2. The molecule has 0 spiro atoms. The Labute approximate surface area is 88.5 Å². The average Bonchev–Trinajstić information content (AvgIpc) is 2.78. The minimum atomic E-state index is -3.48. The highest BCUT2D eigenvalue weighted by Gasteiger charge is 2.45. The van der Waals surface area contributed by atoms with Gasteiger partial charge in [-0.15, -0.1) is 0 Å². The Hall–Kier alpha value is -0.920. The van der Waals surface area contributed by atoms with Crippen LogP contribution >= 0.6 is 0 Å². The van der Waals surface area contributed by atoms with Crippen LogP contribution in [0.15, 0.2) is 17.3 Å². The first kappa shape index (κ1) is 10.6.